The van der Waals surface area contributed by atoms with Gasteiger partial charge in [0, 0.05) is 11.6 Å². The molecule has 0 amide bonds. The molecule has 0 atom stereocenters. The van der Waals surface area contributed by atoms with Gasteiger partial charge in [-0.05, 0) is 28.1 Å². The van der Waals surface area contributed by atoms with Crippen LogP contribution in [-0.2, 0) is 0 Å². The van der Waals surface area contributed by atoms with Crippen molar-refractivity contribution in [3.8, 4) is 0 Å². The van der Waals surface area contributed by atoms with E-state index in [-0.39, 0.29) is 0 Å². The molecule has 1 rings (SSSR count). The minimum Gasteiger partial charge on any atom is -0.298 e. The molecule has 0 N–H and O–H groups in total. The largest absolute Gasteiger partial charge is 0.399 e. The van der Waals surface area contributed by atoms with Crippen molar-refractivity contribution in [2.45, 2.75) is 0 Å². The van der Waals surface area contributed by atoms with Crippen LogP contribution < -0.4 is 0 Å². The Labute approximate surface area is 71.8 Å². The van der Waals surface area contributed by atoms with Gasteiger partial charge in [0.05, 0.1) is 0 Å². The summed E-state index contributed by atoms with van der Waals surface area (Å²) in [5.41, 5.74) is 0.843. The van der Waals surface area contributed by atoms with Crippen LogP contribution in [0, 0.1) is 5.39 Å². The summed E-state index contributed by atoms with van der Waals surface area (Å²) in [4.78, 5) is 13.2. The summed E-state index contributed by atoms with van der Waals surface area (Å²) in [5, 5.41) is 8.42. The Morgan fingerprint density at radius 3 is 2.82 bits per heavy atom. The molecule has 0 spiro atoms. The zero-order valence-electron chi connectivity index (χ0n) is 5.49. The molecule has 1 aromatic rings. The summed E-state index contributed by atoms with van der Waals surface area (Å²) in [6.45, 7) is 0. The third-order valence-electron chi connectivity index (χ3n) is 1.21. The Morgan fingerprint density at radius 2 is 2.27 bits per heavy atom. The molecule has 4 heteroatoms. The molecule has 0 saturated heterocycles. The molecule has 0 saturated carbocycles. The summed E-state index contributed by atoms with van der Waals surface area (Å²) in [6.07, 6.45) is 0.696. The Bertz CT molecular complexity index is 330. The fourth-order valence-electron chi connectivity index (χ4n) is 0.680. The van der Waals surface area contributed by atoms with E-state index in [1.165, 1.54) is 6.07 Å². The van der Waals surface area contributed by atoms with Gasteiger partial charge in [0.1, 0.15) is 10.8 Å². The molecule has 0 fully saturated rings. The maximum atomic E-state index is 10.2. The quantitative estimate of drug-likeness (QED) is 0.530. The van der Waals surface area contributed by atoms with Gasteiger partial charge in [-0.1, -0.05) is 0 Å². The lowest BCUT2D eigenvalue weighted by molar-refractivity contribution is 0.112. The van der Waals surface area contributed by atoms with Crippen molar-refractivity contribution in [2.75, 3.05) is 0 Å². The zero-order chi connectivity index (χ0) is 8.27. The van der Waals surface area contributed by atoms with E-state index in [0.717, 1.165) is 0 Å². The average Bonchev–Trinajstić information content (AvgIpc) is 2.05. The first-order chi connectivity index (χ1) is 5.27. The second kappa shape index (κ2) is 3.26. The van der Waals surface area contributed by atoms with Crippen LogP contribution in [0.4, 0.5) is 5.69 Å². The molecule has 54 valence electrons. The third-order valence-corrected chi connectivity index (χ3v) is 1.88. The average molecular weight is 212 g/mol. The smallest absolute Gasteiger partial charge is 0.298 e. The van der Waals surface area contributed by atoms with Gasteiger partial charge in [-0.3, -0.25) is 4.79 Å². The van der Waals surface area contributed by atoms with E-state index in [9.17, 15) is 4.79 Å². The van der Waals surface area contributed by atoms with Gasteiger partial charge in [0.15, 0.2) is 4.98 Å². The Hall–Kier alpha value is -1.21. The molecule has 1 aromatic carbocycles. The van der Waals surface area contributed by atoms with Gasteiger partial charge in [-0.2, -0.15) is 0 Å². The highest BCUT2D eigenvalue weighted by atomic mass is 79.9. The molecule has 0 aromatic heterocycles. The standard InChI is InChI=1S/C7H4BrN2O/c8-6-2-1-5(4-11)3-7(6)10-9/h1-4H/q+1. The highest BCUT2D eigenvalue weighted by Gasteiger charge is 2.10. The number of benzene rings is 1. The lowest BCUT2D eigenvalue weighted by Gasteiger charge is -1.85. The molecule has 0 radical (unpaired) electrons. The molecular weight excluding hydrogens is 208 g/mol. The SMILES string of the molecule is N#[N+]c1cc(C=O)ccc1Br. The first-order valence-corrected chi connectivity index (χ1v) is 3.67. The second-order valence-corrected chi connectivity index (χ2v) is 2.78. The number of hydrogen-bond acceptors (Lipinski definition) is 2. The second-order valence-electron chi connectivity index (χ2n) is 1.93. The van der Waals surface area contributed by atoms with Crippen LogP contribution in [0.15, 0.2) is 22.7 Å². The van der Waals surface area contributed by atoms with Crippen molar-refractivity contribution in [1.29, 1.82) is 5.39 Å². The van der Waals surface area contributed by atoms with Gasteiger partial charge in [0.25, 0.3) is 0 Å². The molecule has 0 aliphatic rings. The number of halogens is 1. The van der Waals surface area contributed by atoms with E-state index in [2.05, 4.69) is 20.9 Å². The fraction of sp³-hybridized carbons (Fsp3) is 0. The highest BCUT2D eigenvalue weighted by Crippen LogP contribution is 2.25. The molecule has 11 heavy (non-hydrogen) atoms. The Morgan fingerprint density at radius 1 is 1.55 bits per heavy atom. The molecule has 0 aliphatic carbocycles. The Kier molecular flexibility index (Phi) is 2.34. The minimum atomic E-state index is 0.356. The van der Waals surface area contributed by atoms with Crippen molar-refractivity contribution in [3.05, 3.63) is 33.2 Å². The first kappa shape index (κ1) is 7.89. The molecule has 0 aliphatic heterocycles. The summed E-state index contributed by atoms with van der Waals surface area (Å²) in [6, 6.07) is 4.77. The van der Waals surface area contributed by atoms with Crippen LogP contribution in [0.1, 0.15) is 10.4 Å². The van der Waals surface area contributed by atoms with Gasteiger partial charge < -0.3 is 0 Å². The van der Waals surface area contributed by atoms with Crippen molar-refractivity contribution in [1.82, 2.24) is 0 Å². The number of nitrogens with zero attached hydrogens (tertiary/aromatic N) is 2. The van der Waals surface area contributed by atoms with E-state index in [1.807, 2.05) is 0 Å². The van der Waals surface area contributed by atoms with Gasteiger partial charge in [-0.15, -0.1) is 0 Å². The molecule has 0 unspecified atom stereocenters. The van der Waals surface area contributed by atoms with E-state index in [4.69, 9.17) is 5.39 Å². The first-order valence-electron chi connectivity index (χ1n) is 2.88. The predicted octanol–water partition coefficient (Wildman–Crippen LogP) is 2.75. The van der Waals surface area contributed by atoms with E-state index in [0.29, 0.717) is 22.0 Å². The maximum absolute atomic E-state index is 10.2. The lowest BCUT2D eigenvalue weighted by Crippen LogP contribution is -1.77. The maximum Gasteiger partial charge on any atom is 0.399 e. The van der Waals surface area contributed by atoms with Crippen LogP contribution in [0.25, 0.3) is 4.98 Å². The third kappa shape index (κ3) is 1.63. The van der Waals surface area contributed by atoms with Crippen molar-refractivity contribution < 1.29 is 4.79 Å². The summed E-state index contributed by atoms with van der Waals surface area (Å²) in [5.74, 6) is 0. The lowest BCUT2D eigenvalue weighted by atomic mass is 10.2. The fourth-order valence-corrected chi connectivity index (χ4v) is 1.01. The number of hydrogen-bond donors (Lipinski definition) is 0. The highest BCUT2D eigenvalue weighted by molar-refractivity contribution is 9.10. The number of rotatable bonds is 1. The topological polar surface area (TPSA) is 45.2 Å². The minimum absolute atomic E-state index is 0.356. The Balaban J connectivity index is 3.25. The molecule has 0 heterocycles. The van der Waals surface area contributed by atoms with E-state index < -0.39 is 0 Å². The monoisotopic (exact) mass is 211 g/mol. The molecular formula is C7H4BrN2O+. The predicted molar refractivity (Wildman–Crippen MR) is 44.3 cm³/mol. The number of aldehydes is 1. The van der Waals surface area contributed by atoms with Crippen LogP contribution in [0.5, 0.6) is 0 Å². The van der Waals surface area contributed by atoms with Crippen molar-refractivity contribution in [2.24, 2.45) is 0 Å². The van der Waals surface area contributed by atoms with Crippen LogP contribution in [0.3, 0.4) is 0 Å². The zero-order valence-corrected chi connectivity index (χ0v) is 7.08. The van der Waals surface area contributed by atoms with Gasteiger partial charge in [0.2, 0.25) is 5.39 Å². The van der Waals surface area contributed by atoms with Crippen LogP contribution in [-0.4, -0.2) is 6.29 Å². The van der Waals surface area contributed by atoms with Crippen molar-refractivity contribution >= 4 is 27.9 Å². The van der Waals surface area contributed by atoms with Crippen molar-refractivity contribution in [3.63, 3.8) is 0 Å². The van der Waals surface area contributed by atoms with E-state index in [1.54, 1.807) is 12.1 Å². The number of carbonyl (C=O) groups is 1. The summed E-state index contributed by atoms with van der Waals surface area (Å²) >= 11 is 3.15. The van der Waals surface area contributed by atoms with E-state index >= 15 is 0 Å². The summed E-state index contributed by atoms with van der Waals surface area (Å²) in [7, 11) is 0. The van der Waals surface area contributed by atoms with Gasteiger partial charge in [-0.25, -0.2) is 0 Å². The number of diazo groups is 1. The summed E-state index contributed by atoms with van der Waals surface area (Å²) < 4.78 is 0.658. The molecule has 3 nitrogen and oxygen atoms in total. The van der Waals surface area contributed by atoms with Gasteiger partial charge >= 0.3 is 5.69 Å². The van der Waals surface area contributed by atoms with Crippen LogP contribution in [0.2, 0.25) is 0 Å². The molecule has 0 bridgehead atoms. The number of carbonyl (C=O) groups excluding carboxylic acids is 1. The van der Waals surface area contributed by atoms with Crippen LogP contribution >= 0.6 is 15.9 Å². The normalized spacial score (nSPS) is 8.73.